The van der Waals surface area contributed by atoms with Gasteiger partial charge in [-0.25, -0.2) is 0 Å². The van der Waals surface area contributed by atoms with E-state index in [1.165, 1.54) is 0 Å². The Balaban J connectivity index is 1.94. The van der Waals surface area contributed by atoms with Crippen molar-refractivity contribution in [3.05, 3.63) is 34.5 Å². The summed E-state index contributed by atoms with van der Waals surface area (Å²) in [7, 11) is 0. The Hall–Kier alpha value is -1.13. The van der Waals surface area contributed by atoms with Crippen LogP contribution in [0.3, 0.4) is 0 Å². The molecule has 1 aliphatic rings. The molecule has 3 rings (SSSR count). The first-order chi connectivity index (χ1) is 8.75. The zero-order valence-corrected chi connectivity index (χ0v) is 11.4. The molecule has 94 valence electrons. The molecule has 3 nitrogen and oxygen atoms in total. The number of carbonyl (C=O) groups is 1. The van der Waals surface area contributed by atoms with Crippen LogP contribution in [0.4, 0.5) is 0 Å². The van der Waals surface area contributed by atoms with Crippen LogP contribution in [0.15, 0.2) is 33.2 Å². The molecule has 4 heteroatoms. The van der Waals surface area contributed by atoms with E-state index in [-0.39, 0.29) is 11.7 Å². The average molecular weight is 309 g/mol. The van der Waals surface area contributed by atoms with Crippen molar-refractivity contribution >= 4 is 32.7 Å². The van der Waals surface area contributed by atoms with Gasteiger partial charge in [-0.1, -0.05) is 12.1 Å². The van der Waals surface area contributed by atoms with Gasteiger partial charge in [0.25, 0.3) is 0 Å². The van der Waals surface area contributed by atoms with Crippen LogP contribution in [-0.4, -0.2) is 19.0 Å². The zero-order valence-electron chi connectivity index (χ0n) is 9.82. The molecule has 1 aromatic heterocycles. The molecule has 1 fully saturated rings. The minimum atomic E-state index is 0.0399. The normalized spacial score (nSPS) is 17.2. The third kappa shape index (κ3) is 2.10. The molecule has 1 aromatic carbocycles. The van der Waals surface area contributed by atoms with Gasteiger partial charge in [-0.3, -0.25) is 4.79 Å². The molecule has 18 heavy (non-hydrogen) atoms. The van der Waals surface area contributed by atoms with E-state index in [0.29, 0.717) is 19.0 Å². The predicted molar refractivity (Wildman–Crippen MR) is 71.8 cm³/mol. The molecule has 0 saturated carbocycles. The lowest BCUT2D eigenvalue weighted by Gasteiger charge is -2.19. The van der Waals surface area contributed by atoms with Crippen molar-refractivity contribution < 1.29 is 13.9 Å². The molecular formula is C14H13BrO3. The van der Waals surface area contributed by atoms with Crippen molar-refractivity contribution in [2.24, 2.45) is 5.92 Å². The smallest absolute Gasteiger partial charge is 0.201 e. The number of ketones is 1. The van der Waals surface area contributed by atoms with Gasteiger partial charge in [0.15, 0.2) is 5.76 Å². The lowest BCUT2D eigenvalue weighted by atomic mass is 9.94. The van der Waals surface area contributed by atoms with Gasteiger partial charge in [0.2, 0.25) is 5.78 Å². The van der Waals surface area contributed by atoms with Crippen LogP contribution in [0.1, 0.15) is 23.4 Å². The van der Waals surface area contributed by atoms with Gasteiger partial charge in [0, 0.05) is 24.5 Å². The molecule has 0 amide bonds. The highest BCUT2D eigenvalue weighted by molar-refractivity contribution is 9.10. The van der Waals surface area contributed by atoms with E-state index < -0.39 is 0 Å². The summed E-state index contributed by atoms with van der Waals surface area (Å²) in [5.41, 5.74) is 0.743. The standard InChI is InChI=1S/C14H13BrO3/c15-11-3-1-2-10-8-12(18-14(10)11)13(16)9-4-6-17-7-5-9/h1-3,8-9H,4-7H2. The molecule has 2 aromatic rings. The van der Waals surface area contributed by atoms with E-state index in [4.69, 9.17) is 9.15 Å². The molecule has 0 N–H and O–H groups in total. The van der Waals surface area contributed by atoms with E-state index in [0.717, 1.165) is 28.3 Å². The lowest BCUT2D eigenvalue weighted by Crippen LogP contribution is -2.23. The molecule has 1 saturated heterocycles. The third-order valence-electron chi connectivity index (χ3n) is 3.33. The fourth-order valence-electron chi connectivity index (χ4n) is 2.31. The highest BCUT2D eigenvalue weighted by atomic mass is 79.9. The van der Waals surface area contributed by atoms with Gasteiger partial charge >= 0.3 is 0 Å². The number of fused-ring (bicyclic) bond motifs is 1. The van der Waals surface area contributed by atoms with Crippen molar-refractivity contribution in [1.82, 2.24) is 0 Å². The van der Waals surface area contributed by atoms with Crippen LogP contribution in [0.25, 0.3) is 11.0 Å². The summed E-state index contributed by atoms with van der Waals surface area (Å²) in [4.78, 5) is 12.3. The minimum Gasteiger partial charge on any atom is -0.452 e. The van der Waals surface area contributed by atoms with E-state index in [1.54, 1.807) is 0 Å². The van der Waals surface area contributed by atoms with Crippen LogP contribution in [0.2, 0.25) is 0 Å². The Morgan fingerprint density at radius 1 is 1.28 bits per heavy atom. The molecule has 1 aliphatic heterocycles. The summed E-state index contributed by atoms with van der Waals surface area (Å²) in [6.07, 6.45) is 1.58. The molecule has 0 atom stereocenters. The van der Waals surface area contributed by atoms with Gasteiger partial charge in [-0.05, 0) is 40.9 Å². The number of carbonyl (C=O) groups excluding carboxylic acids is 1. The van der Waals surface area contributed by atoms with E-state index >= 15 is 0 Å². The van der Waals surface area contributed by atoms with E-state index in [2.05, 4.69) is 15.9 Å². The molecular weight excluding hydrogens is 296 g/mol. The van der Waals surface area contributed by atoms with Crippen LogP contribution >= 0.6 is 15.9 Å². The number of rotatable bonds is 2. The Kier molecular flexibility index (Phi) is 3.22. The summed E-state index contributed by atoms with van der Waals surface area (Å²) in [6, 6.07) is 7.63. The molecule has 2 heterocycles. The number of furan rings is 1. The number of halogens is 1. The fourth-order valence-corrected chi connectivity index (χ4v) is 2.77. The highest BCUT2D eigenvalue weighted by Crippen LogP contribution is 2.29. The first kappa shape index (κ1) is 11.9. The number of ether oxygens (including phenoxy) is 1. The average Bonchev–Trinajstić information content (AvgIpc) is 2.84. The summed E-state index contributed by atoms with van der Waals surface area (Å²) < 4.78 is 11.8. The minimum absolute atomic E-state index is 0.0399. The summed E-state index contributed by atoms with van der Waals surface area (Å²) in [5, 5.41) is 0.958. The maximum absolute atomic E-state index is 12.3. The van der Waals surface area contributed by atoms with Crippen molar-refractivity contribution in [2.75, 3.05) is 13.2 Å². The maximum Gasteiger partial charge on any atom is 0.201 e. The third-order valence-corrected chi connectivity index (χ3v) is 3.96. The SMILES string of the molecule is O=C(c1cc2cccc(Br)c2o1)C1CCOCC1. The zero-order chi connectivity index (χ0) is 12.5. The quantitative estimate of drug-likeness (QED) is 0.792. The monoisotopic (exact) mass is 308 g/mol. The first-order valence-electron chi connectivity index (χ1n) is 6.06. The van der Waals surface area contributed by atoms with Crippen molar-refractivity contribution in [3.8, 4) is 0 Å². The van der Waals surface area contributed by atoms with E-state index in [9.17, 15) is 4.79 Å². The highest BCUT2D eigenvalue weighted by Gasteiger charge is 2.25. The first-order valence-corrected chi connectivity index (χ1v) is 6.85. The lowest BCUT2D eigenvalue weighted by molar-refractivity contribution is 0.0529. The van der Waals surface area contributed by atoms with Crippen LogP contribution in [0, 0.1) is 5.92 Å². The Morgan fingerprint density at radius 2 is 2.06 bits per heavy atom. The van der Waals surface area contributed by atoms with E-state index in [1.807, 2.05) is 24.3 Å². The van der Waals surface area contributed by atoms with Crippen LogP contribution in [0.5, 0.6) is 0 Å². The Morgan fingerprint density at radius 3 is 2.78 bits per heavy atom. The van der Waals surface area contributed by atoms with Crippen molar-refractivity contribution in [3.63, 3.8) is 0 Å². The number of hydrogen-bond donors (Lipinski definition) is 0. The molecule has 0 aliphatic carbocycles. The maximum atomic E-state index is 12.3. The van der Waals surface area contributed by atoms with Gasteiger partial charge in [-0.2, -0.15) is 0 Å². The van der Waals surface area contributed by atoms with Gasteiger partial charge in [0.1, 0.15) is 5.58 Å². The topological polar surface area (TPSA) is 39.4 Å². The second kappa shape index (κ2) is 4.86. The molecule has 0 radical (unpaired) electrons. The van der Waals surface area contributed by atoms with Crippen molar-refractivity contribution in [2.45, 2.75) is 12.8 Å². The molecule has 0 spiro atoms. The molecule has 0 unspecified atom stereocenters. The van der Waals surface area contributed by atoms with Gasteiger partial charge < -0.3 is 9.15 Å². The summed E-state index contributed by atoms with van der Waals surface area (Å²) >= 11 is 3.43. The second-order valence-corrected chi connectivity index (χ2v) is 5.37. The van der Waals surface area contributed by atoms with Crippen LogP contribution < -0.4 is 0 Å². The Labute approximate surface area is 113 Å². The predicted octanol–water partition coefficient (Wildman–Crippen LogP) is 3.80. The fraction of sp³-hybridized carbons (Fsp3) is 0.357. The Bertz CT molecular complexity index is 582. The molecule has 0 bridgehead atoms. The summed E-state index contributed by atoms with van der Waals surface area (Å²) in [6.45, 7) is 1.33. The number of para-hydroxylation sites is 1. The van der Waals surface area contributed by atoms with Gasteiger partial charge in [0.05, 0.1) is 4.47 Å². The second-order valence-electron chi connectivity index (χ2n) is 4.52. The largest absolute Gasteiger partial charge is 0.452 e. The number of Topliss-reactive ketones (excluding diaryl/α,β-unsaturated/α-hetero) is 1. The number of benzene rings is 1. The van der Waals surface area contributed by atoms with Crippen molar-refractivity contribution in [1.29, 1.82) is 0 Å². The van der Waals surface area contributed by atoms with Crippen LogP contribution in [-0.2, 0) is 4.74 Å². The van der Waals surface area contributed by atoms with Gasteiger partial charge in [-0.15, -0.1) is 0 Å². The summed E-state index contributed by atoms with van der Waals surface area (Å²) in [5.74, 6) is 0.600. The number of hydrogen-bond acceptors (Lipinski definition) is 3.